The molecule has 1 aromatic heterocycles. The van der Waals surface area contributed by atoms with E-state index in [1.54, 1.807) is 35.3 Å². The highest BCUT2D eigenvalue weighted by molar-refractivity contribution is 6.13. The first-order valence-corrected chi connectivity index (χ1v) is 14.2. The molecule has 1 N–H and O–H groups in total. The molecule has 5 rings (SSSR count). The molecule has 0 radical (unpaired) electrons. The van der Waals surface area contributed by atoms with Gasteiger partial charge in [0, 0.05) is 50.3 Å². The topological polar surface area (TPSA) is 85.7 Å². The summed E-state index contributed by atoms with van der Waals surface area (Å²) >= 11 is 0. The zero-order chi connectivity index (χ0) is 30.7. The van der Waals surface area contributed by atoms with E-state index in [0.29, 0.717) is 36.8 Å². The Kier molecular flexibility index (Phi) is 8.54. The molecule has 1 amide bonds. The van der Waals surface area contributed by atoms with Crippen LogP contribution in [-0.4, -0.2) is 66.7 Å². The summed E-state index contributed by atoms with van der Waals surface area (Å²) in [6, 6.07) is 15.9. The van der Waals surface area contributed by atoms with Crippen LogP contribution in [0.15, 0.2) is 95.4 Å². The number of rotatable bonds is 9. The molecule has 2 aromatic carbocycles. The Morgan fingerprint density at radius 1 is 1.07 bits per heavy atom. The van der Waals surface area contributed by atoms with Gasteiger partial charge in [-0.15, -0.1) is 0 Å². The van der Waals surface area contributed by atoms with Crippen LogP contribution in [0.5, 0.6) is 0 Å². The van der Waals surface area contributed by atoms with Crippen LogP contribution >= 0.6 is 0 Å². The van der Waals surface area contributed by atoms with Crippen molar-refractivity contribution >= 4 is 40.8 Å². The SMILES string of the molecule is C=C1C(Nc2ccc(C(=O)N(CC)CCOC)cn2)=CC(c2cccc(N3C=Nc4cc(C)ccc4C3=C)c2C)=NN1C. The van der Waals surface area contributed by atoms with E-state index in [9.17, 15) is 4.79 Å². The van der Waals surface area contributed by atoms with Gasteiger partial charge in [-0.25, -0.2) is 9.98 Å². The third kappa shape index (κ3) is 5.98. The van der Waals surface area contributed by atoms with E-state index in [2.05, 4.69) is 67.6 Å². The fourth-order valence-electron chi connectivity index (χ4n) is 5.09. The number of carbonyl (C=O) groups excluding carboxylic acids is 1. The van der Waals surface area contributed by atoms with E-state index in [0.717, 1.165) is 50.7 Å². The predicted molar refractivity (Wildman–Crippen MR) is 175 cm³/mol. The maximum absolute atomic E-state index is 12.9. The molecule has 0 saturated carbocycles. The van der Waals surface area contributed by atoms with E-state index in [4.69, 9.17) is 14.8 Å². The van der Waals surface area contributed by atoms with Gasteiger partial charge in [-0.3, -0.25) is 9.80 Å². The van der Waals surface area contributed by atoms with E-state index in [-0.39, 0.29) is 5.91 Å². The Labute approximate surface area is 253 Å². The van der Waals surface area contributed by atoms with Crippen molar-refractivity contribution in [2.75, 3.05) is 44.1 Å². The molecule has 0 fully saturated rings. The number of aryl methyl sites for hydroxylation is 1. The van der Waals surface area contributed by atoms with Crippen molar-refractivity contribution in [3.8, 4) is 0 Å². The summed E-state index contributed by atoms with van der Waals surface area (Å²) in [4.78, 5) is 25.9. The van der Waals surface area contributed by atoms with Gasteiger partial charge in [-0.2, -0.15) is 5.10 Å². The van der Waals surface area contributed by atoms with Gasteiger partial charge < -0.3 is 19.9 Å². The molecule has 0 bridgehead atoms. The lowest BCUT2D eigenvalue weighted by atomic mass is 9.98. The first-order valence-electron chi connectivity index (χ1n) is 14.2. The number of pyridine rings is 1. The van der Waals surface area contributed by atoms with E-state index in [1.165, 1.54) is 0 Å². The van der Waals surface area contributed by atoms with E-state index in [1.807, 2.05) is 37.4 Å². The lowest BCUT2D eigenvalue weighted by Crippen LogP contribution is -2.33. The number of carbonyl (C=O) groups is 1. The smallest absolute Gasteiger partial charge is 0.255 e. The second-order valence-electron chi connectivity index (χ2n) is 10.5. The van der Waals surface area contributed by atoms with Crippen LogP contribution in [0.25, 0.3) is 5.70 Å². The minimum Gasteiger partial charge on any atom is -0.383 e. The second kappa shape index (κ2) is 12.5. The molecular weight excluding hydrogens is 538 g/mol. The fraction of sp³-hybridized carbons (Fsp3) is 0.235. The number of benzene rings is 2. The minimum absolute atomic E-state index is 0.0792. The van der Waals surface area contributed by atoms with Crippen LogP contribution in [0.4, 0.5) is 17.2 Å². The summed E-state index contributed by atoms with van der Waals surface area (Å²) in [6.45, 7) is 16.3. The van der Waals surface area contributed by atoms with Crippen molar-refractivity contribution in [1.82, 2.24) is 14.9 Å². The Hall–Kier alpha value is -5.02. The number of methoxy groups -OCH3 is 1. The van der Waals surface area contributed by atoms with Gasteiger partial charge in [0.25, 0.3) is 5.91 Å². The van der Waals surface area contributed by atoms with Crippen LogP contribution in [0.1, 0.15) is 39.5 Å². The number of aromatic nitrogens is 1. The zero-order valence-electron chi connectivity index (χ0n) is 25.4. The van der Waals surface area contributed by atoms with Crippen LogP contribution in [0, 0.1) is 13.8 Å². The monoisotopic (exact) mass is 575 g/mol. The lowest BCUT2D eigenvalue weighted by molar-refractivity contribution is 0.0706. The number of nitrogens with zero attached hydrogens (tertiary/aromatic N) is 6. The molecule has 2 aliphatic rings. The maximum Gasteiger partial charge on any atom is 0.255 e. The summed E-state index contributed by atoms with van der Waals surface area (Å²) < 4.78 is 5.13. The van der Waals surface area contributed by atoms with E-state index >= 15 is 0 Å². The van der Waals surface area contributed by atoms with Crippen LogP contribution in [-0.2, 0) is 4.74 Å². The first-order chi connectivity index (χ1) is 20.7. The van der Waals surface area contributed by atoms with Gasteiger partial charge in [-0.05, 0) is 62.2 Å². The van der Waals surface area contributed by atoms with Gasteiger partial charge in [0.05, 0.1) is 40.7 Å². The Balaban J connectivity index is 1.39. The van der Waals surface area contributed by atoms with Gasteiger partial charge in [0.1, 0.15) is 12.2 Å². The largest absolute Gasteiger partial charge is 0.383 e. The molecule has 0 saturated heterocycles. The van der Waals surface area contributed by atoms with Gasteiger partial charge >= 0.3 is 0 Å². The summed E-state index contributed by atoms with van der Waals surface area (Å²) in [5.74, 6) is 0.517. The molecule has 2 aliphatic heterocycles. The molecule has 3 aromatic rings. The summed E-state index contributed by atoms with van der Waals surface area (Å²) in [5, 5.41) is 9.91. The summed E-state index contributed by atoms with van der Waals surface area (Å²) in [5.41, 5.74) is 9.69. The average molecular weight is 576 g/mol. The van der Waals surface area contributed by atoms with Crippen molar-refractivity contribution in [1.29, 1.82) is 0 Å². The molecule has 0 spiro atoms. The Bertz CT molecular complexity index is 1670. The number of fused-ring (bicyclic) bond motifs is 1. The standard InChI is InChI=1S/C34H37N7O2/c1-8-40(16-17-43-7)34(42)26-13-15-33(35-20-26)37-29-19-31(38-39(6)25(29)5)27-10-9-11-32(23(27)3)41-21-36-30-18-22(2)12-14-28(30)24(41)4/h9-15,18-21H,4-5,8,16-17H2,1-3,6-7H3,(H,35,37). The van der Waals surface area contributed by atoms with Crippen LogP contribution in [0.2, 0.25) is 0 Å². The number of allylic oxidation sites excluding steroid dienone is 1. The number of hydrogen-bond donors (Lipinski definition) is 1. The number of hydrazone groups is 1. The summed E-state index contributed by atoms with van der Waals surface area (Å²) in [6.07, 6.45) is 5.38. The summed E-state index contributed by atoms with van der Waals surface area (Å²) in [7, 11) is 3.49. The lowest BCUT2D eigenvalue weighted by Gasteiger charge is -2.30. The zero-order valence-corrected chi connectivity index (χ0v) is 25.4. The fourth-order valence-corrected chi connectivity index (χ4v) is 5.09. The van der Waals surface area contributed by atoms with Gasteiger partial charge in [0.2, 0.25) is 0 Å². The van der Waals surface area contributed by atoms with Crippen molar-refractivity contribution in [2.24, 2.45) is 10.1 Å². The Morgan fingerprint density at radius 2 is 1.88 bits per heavy atom. The highest BCUT2D eigenvalue weighted by atomic mass is 16.5. The predicted octanol–water partition coefficient (Wildman–Crippen LogP) is 6.12. The van der Waals surface area contributed by atoms with Gasteiger partial charge in [0.15, 0.2) is 0 Å². The number of amides is 1. The minimum atomic E-state index is -0.0792. The third-order valence-corrected chi connectivity index (χ3v) is 7.66. The average Bonchev–Trinajstić information content (AvgIpc) is 3.00. The van der Waals surface area contributed by atoms with Crippen molar-refractivity contribution in [3.63, 3.8) is 0 Å². The molecule has 3 heterocycles. The molecular formula is C34H37N7O2. The number of ether oxygens (including phenoxy) is 1. The molecule has 220 valence electrons. The third-order valence-electron chi connectivity index (χ3n) is 7.66. The van der Waals surface area contributed by atoms with Crippen molar-refractivity contribution < 1.29 is 9.53 Å². The van der Waals surface area contributed by atoms with Crippen LogP contribution in [0.3, 0.4) is 0 Å². The molecule has 0 aliphatic carbocycles. The molecule has 0 unspecified atom stereocenters. The van der Waals surface area contributed by atoms with Crippen molar-refractivity contribution in [3.05, 3.63) is 113 Å². The number of hydrogen-bond acceptors (Lipinski definition) is 8. The quantitative estimate of drug-likeness (QED) is 0.331. The molecule has 43 heavy (non-hydrogen) atoms. The van der Waals surface area contributed by atoms with Gasteiger partial charge in [-0.1, -0.05) is 37.4 Å². The number of nitrogens with one attached hydrogen (secondary N) is 1. The first kappa shape index (κ1) is 29.5. The van der Waals surface area contributed by atoms with Crippen molar-refractivity contribution in [2.45, 2.75) is 20.8 Å². The molecule has 9 nitrogen and oxygen atoms in total. The second-order valence-corrected chi connectivity index (χ2v) is 10.5. The number of likely N-dealkylation sites (N-methyl/N-ethyl adjacent to an activating group) is 2. The normalized spacial score (nSPS) is 14.3. The van der Waals surface area contributed by atoms with Crippen LogP contribution < -0.4 is 10.2 Å². The Morgan fingerprint density at radius 3 is 2.60 bits per heavy atom. The maximum atomic E-state index is 12.9. The highest BCUT2D eigenvalue weighted by Gasteiger charge is 2.23. The molecule has 9 heteroatoms. The van der Waals surface area contributed by atoms with E-state index < -0.39 is 0 Å². The number of aliphatic imine (C=N–C) groups is 1. The highest BCUT2D eigenvalue weighted by Crippen LogP contribution is 2.37. The molecule has 0 atom stereocenters. The number of anilines is 2.